The Morgan fingerprint density at radius 1 is 1.69 bits per heavy atom. The highest BCUT2D eigenvalue weighted by atomic mass is 79.9. The number of nitrogens with one attached hydrogen (secondary N) is 1. The lowest BCUT2D eigenvalue weighted by Gasteiger charge is -2.14. The number of aromatic nitrogens is 1. The van der Waals surface area contributed by atoms with E-state index in [1.165, 1.54) is 7.11 Å². The van der Waals surface area contributed by atoms with Crippen LogP contribution in [0.2, 0.25) is 0 Å². The van der Waals surface area contributed by atoms with Crippen molar-refractivity contribution >= 4 is 21.8 Å². The van der Waals surface area contributed by atoms with Crippen LogP contribution in [0.1, 0.15) is 23.2 Å². The second kappa shape index (κ2) is 4.41. The van der Waals surface area contributed by atoms with Crippen molar-refractivity contribution in [3.05, 3.63) is 23.9 Å². The summed E-state index contributed by atoms with van der Waals surface area (Å²) in [5, 5.41) is 3.79. The molecule has 1 aromatic heterocycles. The summed E-state index contributed by atoms with van der Waals surface area (Å²) in [6.07, 6.45) is 3.64. The largest absolute Gasteiger partial charge is 0.480 e. The molecule has 1 amide bonds. The topological polar surface area (TPSA) is 51.2 Å². The fraction of sp³-hybridized carbons (Fsp3) is 0.455. The molecule has 4 nitrogen and oxygen atoms in total. The zero-order valence-electron chi connectivity index (χ0n) is 9.00. The van der Waals surface area contributed by atoms with Crippen molar-refractivity contribution in [1.82, 2.24) is 10.3 Å². The van der Waals surface area contributed by atoms with Gasteiger partial charge in [0.25, 0.3) is 5.91 Å². The molecule has 1 fully saturated rings. The zero-order valence-corrected chi connectivity index (χ0v) is 10.6. The highest BCUT2D eigenvalue weighted by Crippen LogP contribution is 2.37. The average molecular weight is 285 g/mol. The van der Waals surface area contributed by atoms with Crippen molar-refractivity contribution in [2.45, 2.75) is 18.4 Å². The Bertz CT molecular complexity index is 405. The van der Waals surface area contributed by atoms with Crippen LogP contribution in [0.4, 0.5) is 0 Å². The van der Waals surface area contributed by atoms with E-state index in [0.29, 0.717) is 11.4 Å². The highest BCUT2D eigenvalue weighted by molar-refractivity contribution is 9.09. The van der Waals surface area contributed by atoms with Gasteiger partial charge in [0.05, 0.1) is 12.6 Å². The number of hydrogen-bond acceptors (Lipinski definition) is 3. The quantitative estimate of drug-likeness (QED) is 0.857. The average Bonchev–Trinajstić information content (AvgIpc) is 3.09. The number of hydrogen-bond donors (Lipinski definition) is 1. The maximum atomic E-state index is 12.0. The number of halogens is 1. The van der Waals surface area contributed by atoms with Crippen LogP contribution in [0.25, 0.3) is 0 Å². The fourth-order valence-electron chi connectivity index (χ4n) is 1.48. The van der Waals surface area contributed by atoms with Crippen LogP contribution in [-0.4, -0.2) is 28.9 Å². The number of ether oxygens (including phenoxy) is 1. The van der Waals surface area contributed by atoms with E-state index in [-0.39, 0.29) is 11.4 Å². The molecule has 0 radical (unpaired) electrons. The minimum absolute atomic E-state index is 0.0576. The van der Waals surface area contributed by atoms with Crippen molar-refractivity contribution in [3.63, 3.8) is 0 Å². The Hall–Kier alpha value is -1.10. The van der Waals surface area contributed by atoms with Gasteiger partial charge in [0.2, 0.25) is 5.88 Å². The summed E-state index contributed by atoms with van der Waals surface area (Å²) in [5.41, 5.74) is 0.426. The Balaban J connectivity index is 2.14. The first kappa shape index (κ1) is 11.4. The standard InChI is InChI=1S/C11H13BrN2O2/c1-16-10-8(3-2-6-13-10)9(15)14-11(7-12)4-5-11/h2-3,6H,4-5,7H2,1H3,(H,14,15). The molecule has 0 unspecified atom stereocenters. The molecule has 5 heteroatoms. The lowest BCUT2D eigenvalue weighted by molar-refractivity contribution is 0.0932. The van der Waals surface area contributed by atoms with E-state index in [2.05, 4.69) is 26.2 Å². The normalized spacial score (nSPS) is 16.6. The van der Waals surface area contributed by atoms with Crippen LogP contribution >= 0.6 is 15.9 Å². The molecule has 1 N–H and O–H groups in total. The predicted octanol–water partition coefficient (Wildman–Crippen LogP) is 1.75. The molecule has 1 aliphatic carbocycles. The van der Waals surface area contributed by atoms with Gasteiger partial charge in [-0.25, -0.2) is 4.98 Å². The highest BCUT2D eigenvalue weighted by Gasteiger charge is 2.43. The fourth-order valence-corrected chi connectivity index (χ4v) is 2.18. The van der Waals surface area contributed by atoms with Crippen LogP contribution in [0, 0.1) is 0 Å². The molecule has 0 atom stereocenters. The predicted molar refractivity (Wildman–Crippen MR) is 64.0 cm³/mol. The number of pyridine rings is 1. The SMILES string of the molecule is COc1ncccc1C(=O)NC1(CBr)CC1. The van der Waals surface area contributed by atoms with Gasteiger partial charge in [-0.15, -0.1) is 0 Å². The monoisotopic (exact) mass is 284 g/mol. The first-order chi connectivity index (χ1) is 7.71. The van der Waals surface area contributed by atoms with Gasteiger partial charge in [0.1, 0.15) is 5.56 Å². The third-order valence-electron chi connectivity index (χ3n) is 2.70. The van der Waals surface area contributed by atoms with E-state index >= 15 is 0 Å². The van der Waals surface area contributed by atoms with Crippen molar-refractivity contribution in [1.29, 1.82) is 0 Å². The molecule has 86 valence electrons. The Morgan fingerprint density at radius 2 is 2.44 bits per heavy atom. The van der Waals surface area contributed by atoms with Crippen LogP contribution in [0.15, 0.2) is 18.3 Å². The molecule has 0 aromatic carbocycles. The molecule has 0 bridgehead atoms. The number of methoxy groups -OCH3 is 1. The maximum Gasteiger partial charge on any atom is 0.257 e. The Labute approximate surface area is 103 Å². The van der Waals surface area contributed by atoms with Crippen molar-refractivity contribution in [2.24, 2.45) is 0 Å². The van der Waals surface area contributed by atoms with E-state index < -0.39 is 0 Å². The lowest BCUT2D eigenvalue weighted by atomic mass is 10.2. The molecule has 1 saturated carbocycles. The summed E-state index contributed by atoms with van der Waals surface area (Å²) >= 11 is 3.41. The number of alkyl halides is 1. The summed E-state index contributed by atoms with van der Waals surface area (Å²) in [6.45, 7) is 0. The molecule has 1 aromatic rings. The first-order valence-corrected chi connectivity index (χ1v) is 6.20. The summed E-state index contributed by atoms with van der Waals surface area (Å²) in [5.74, 6) is 0.243. The van der Waals surface area contributed by atoms with E-state index in [1.54, 1.807) is 18.3 Å². The molecular formula is C11H13BrN2O2. The number of rotatable bonds is 4. The van der Waals surface area contributed by atoms with Gasteiger partial charge in [-0.05, 0) is 25.0 Å². The summed E-state index contributed by atoms with van der Waals surface area (Å²) in [4.78, 5) is 16.0. The molecule has 0 aliphatic heterocycles. The van der Waals surface area contributed by atoms with Gasteiger partial charge < -0.3 is 10.1 Å². The zero-order chi connectivity index (χ0) is 11.6. The summed E-state index contributed by atoms with van der Waals surface area (Å²) in [6, 6.07) is 3.44. The van der Waals surface area contributed by atoms with Crippen molar-refractivity contribution in [2.75, 3.05) is 12.4 Å². The van der Waals surface area contributed by atoms with E-state index in [4.69, 9.17) is 4.74 Å². The third-order valence-corrected chi connectivity index (χ3v) is 3.77. The summed E-state index contributed by atoms with van der Waals surface area (Å²) < 4.78 is 5.05. The van der Waals surface area contributed by atoms with Gasteiger partial charge in [-0.1, -0.05) is 15.9 Å². The first-order valence-electron chi connectivity index (χ1n) is 5.08. The number of carbonyl (C=O) groups is 1. The maximum absolute atomic E-state index is 12.0. The van der Waals surface area contributed by atoms with E-state index in [9.17, 15) is 4.79 Å². The molecule has 1 aliphatic rings. The minimum Gasteiger partial charge on any atom is -0.480 e. The number of nitrogens with zero attached hydrogens (tertiary/aromatic N) is 1. The third kappa shape index (κ3) is 2.19. The number of carbonyl (C=O) groups excluding carboxylic acids is 1. The lowest BCUT2D eigenvalue weighted by Crippen LogP contribution is -2.38. The van der Waals surface area contributed by atoms with Crippen LogP contribution in [-0.2, 0) is 0 Å². The molecule has 0 saturated heterocycles. The van der Waals surface area contributed by atoms with E-state index in [0.717, 1.165) is 18.2 Å². The minimum atomic E-state index is -0.123. The Morgan fingerprint density at radius 3 is 3.00 bits per heavy atom. The number of amides is 1. The molecule has 2 rings (SSSR count). The summed E-state index contributed by atoms with van der Waals surface area (Å²) in [7, 11) is 1.51. The second-order valence-electron chi connectivity index (χ2n) is 3.93. The van der Waals surface area contributed by atoms with Gasteiger partial charge in [-0.3, -0.25) is 4.79 Å². The van der Waals surface area contributed by atoms with Crippen molar-refractivity contribution < 1.29 is 9.53 Å². The molecule has 0 spiro atoms. The van der Waals surface area contributed by atoms with Gasteiger partial charge in [0, 0.05) is 11.5 Å². The molecule has 16 heavy (non-hydrogen) atoms. The molecule has 1 heterocycles. The second-order valence-corrected chi connectivity index (χ2v) is 4.49. The van der Waals surface area contributed by atoms with Crippen LogP contribution in [0.5, 0.6) is 5.88 Å². The molecular weight excluding hydrogens is 272 g/mol. The Kier molecular flexibility index (Phi) is 3.14. The van der Waals surface area contributed by atoms with E-state index in [1.807, 2.05) is 0 Å². The van der Waals surface area contributed by atoms with Gasteiger partial charge >= 0.3 is 0 Å². The van der Waals surface area contributed by atoms with Crippen LogP contribution in [0.3, 0.4) is 0 Å². The van der Waals surface area contributed by atoms with Crippen LogP contribution < -0.4 is 10.1 Å². The van der Waals surface area contributed by atoms with Gasteiger partial charge in [0.15, 0.2) is 0 Å². The smallest absolute Gasteiger partial charge is 0.257 e. The van der Waals surface area contributed by atoms with Crippen molar-refractivity contribution in [3.8, 4) is 5.88 Å². The van der Waals surface area contributed by atoms with Gasteiger partial charge in [-0.2, -0.15) is 0 Å².